The number of nitrogens with two attached hydrogens (primary N) is 1. The second-order valence-electron chi connectivity index (χ2n) is 4.84. The SMILES string of the molecule is CCCCCCCCCC[n+]1ccc(N)cc1. The first-order valence-electron chi connectivity index (χ1n) is 7.07. The van der Waals surface area contributed by atoms with E-state index >= 15 is 0 Å². The molecule has 96 valence electrons. The van der Waals surface area contributed by atoms with E-state index in [1.54, 1.807) is 0 Å². The van der Waals surface area contributed by atoms with Gasteiger partial charge in [0.15, 0.2) is 12.4 Å². The van der Waals surface area contributed by atoms with E-state index < -0.39 is 0 Å². The van der Waals surface area contributed by atoms with Crippen LogP contribution in [0.5, 0.6) is 0 Å². The lowest BCUT2D eigenvalue weighted by molar-refractivity contribution is -0.697. The summed E-state index contributed by atoms with van der Waals surface area (Å²) in [5.74, 6) is 0. The van der Waals surface area contributed by atoms with E-state index in [1.165, 1.54) is 51.4 Å². The predicted molar refractivity (Wildman–Crippen MR) is 73.7 cm³/mol. The number of hydrogen-bond acceptors (Lipinski definition) is 1. The Kier molecular flexibility index (Phi) is 7.44. The second-order valence-corrected chi connectivity index (χ2v) is 4.84. The molecule has 0 atom stereocenters. The smallest absolute Gasteiger partial charge is 0.170 e. The van der Waals surface area contributed by atoms with Gasteiger partial charge >= 0.3 is 0 Å². The minimum Gasteiger partial charge on any atom is -0.398 e. The molecule has 1 rings (SSSR count). The van der Waals surface area contributed by atoms with E-state index in [1.807, 2.05) is 12.1 Å². The molecule has 2 nitrogen and oxygen atoms in total. The number of aryl methyl sites for hydroxylation is 1. The van der Waals surface area contributed by atoms with Gasteiger partial charge in [0.1, 0.15) is 6.54 Å². The molecule has 0 spiro atoms. The summed E-state index contributed by atoms with van der Waals surface area (Å²) in [5, 5.41) is 0. The van der Waals surface area contributed by atoms with Crippen molar-refractivity contribution in [3.05, 3.63) is 24.5 Å². The van der Waals surface area contributed by atoms with Gasteiger partial charge in [-0.2, -0.15) is 0 Å². The van der Waals surface area contributed by atoms with Crippen LogP contribution in [-0.4, -0.2) is 0 Å². The number of hydrogen-bond donors (Lipinski definition) is 1. The fourth-order valence-corrected chi connectivity index (χ4v) is 2.05. The topological polar surface area (TPSA) is 29.9 Å². The van der Waals surface area contributed by atoms with Crippen molar-refractivity contribution in [3.63, 3.8) is 0 Å². The molecule has 2 heteroatoms. The van der Waals surface area contributed by atoms with Crippen LogP contribution in [0, 0.1) is 0 Å². The molecule has 2 N–H and O–H groups in total. The van der Waals surface area contributed by atoms with E-state index in [9.17, 15) is 0 Å². The van der Waals surface area contributed by atoms with Crippen LogP contribution >= 0.6 is 0 Å². The largest absolute Gasteiger partial charge is 0.398 e. The molecule has 0 unspecified atom stereocenters. The maximum atomic E-state index is 5.65. The van der Waals surface area contributed by atoms with Gasteiger partial charge in [-0.25, -0.2) is 4.57 Å². The average molecular weight is 235 g/mol. The van der Waals surface area contributed by atoms with Crippen molar-refractivity contribution in [2.75, 3.05) is 5.73 Å². The molecule has 1 heterocycles. The van der Waals surface area contributed by atoms with Crippen LogP contribution in [-0.2, 0) is 6.54 Å². The van der Waals surface area contributed by atoms with Gasteiger partial charge in [-0.05, 0) is 6.42 Å². The number of nitrogens with zero attached hydrogens (tertiary/aromatic N) is 1. The first-order valence-corrected chi connectivity index (χ1v) is 7.07. The third-order valence-electron chi connectivity index (χ3n) is 3.19. The molecule has 1 aromatic rings. The van der Waals surface area contributed by atoms with Gasteiger partial charge in [-0.3, -0.25) is 0 Å². The minimum atomic E-state index is 0.845. The molecule has 1 aromatic heterocycles. The standard InChI is InChI=1S/C15H26N2/c1-2-3-4-5-6-7-8-9-12-17-13-10-15(16)11-14-17/h10-11,13-14,16H,2-9,12H2,1H3/p+1. The molecule has 0 radical (unpaired) electrons. The maximum Gasteiger partial charge on any atom is 0.170 e. The third kappa shape index (κ3) is 6.98. The fourth-order valence-electron chi connectivity index (χ4n) is 2.05. The fraction of sp³-hybridized carbons (Fsp3) is 0.667. The number of rotatable bonds is 9. The molecule has 0 amide bonds. The number of aromatic nitrogens is 1. The molecule has 17 heavy (non-hydrogen) atoms. The molecular weight excluding hydrogens is 208 g/mol. The van der Waals surface area contributed by atoms with Crippen molar-refractivity contribution in [1.29, 1.82) is 0 Å². The van der Waals surface area contributed by atoms with Gasteiger partial charge in [0.2, 0.25) is 0 Å². The van der Waals surface area contributed by atoms with Crippen molar-refractivity contribution in [2.45, 2.75) is 64.8 Å². The maximum absolute atomic E-state index is 5.65. The van der Waals surface area contributed by atoms with Crippen LogP contribution in [0.25, 0.3) is 0 Å². The van der Waals surface area contributed by atoms with Crippen LogP contribution in [0.4, 0.5) is 5.69 Å². The van der Waals surface area contributed by atoms with Crippen molar-refractivity contribution in [1.82, 2.24) is 0 Å². The number of pyridine rings is 1. The molecule has 0 aliphatic heterocycles. The lowest BCUT2D eigenvalue weighted by Crippen LogP contribution is -2.32. The molecule has 0 fully saturated rings. The normalized spacial score (nSPS) is 10.6. The van der Waals surface area contributed by atoms with Crippen molar-refractivity contribution in [2.24, 2.45) is 0 Å². The molecular formula is C15H27N2+. The molecule has 0 aliphatic carbocycles. The number of nitrogen functional groups attached to an aromatic ring is 1. The Morgan fingerprint density at radius 3 is 2.00 bits per heavy atom. The highest BCUT2D eigenvalue weighted by molar-refractivity contribution is 5.32. The quantitative estimate of drug-likeness (QED) is 0.513. The Labute approximate surface area is 106 Å². The Morgan fingerprint density at radius 2 is 1.41 bits per heavy atom. The monoisotopic (exact) mass is 235 g/mol. The van der Waals surface area contributed by atoms with Gasteiger partial charge in [0.25, 0.3) is 0 Å². The lowest BCUT2D eigenvalue weighted by Gasteiger charge is -2.00. The zero-order valence-electron chi connectivity index (χ0n) is 11.2. The molecule has 0 bridgehead atoms. The van der Waals surface area contributed by atoms with Gasteiger partial charge < -0.3 is 5.73 Å². The summed E-state index contributed by atoms with van der Waals surface area (Å²) in [6, 6.07) is 3.93. The zero-order valence-corrected chi connectivity index (χ0v) is 11.2. The van der Waals surface area contributed by atoms with E-state index in [0.717, 1.165) is 12.2 Å². The minimum absolute atomic E-state index is 0.845. The highest BCUT2D eigenvalue weighted by Gasteiger charge is 1.99. The van der Waals surface area contributed by atoms with Crippen molar-refractivity contribution in [3.8, 4) is 0 Å². The first-order chi connectivity index (χ1) is 8.33. The van der Waals surface area contributed by atoms with E-state index in [2.05, 4.69) is 23.9 Å². The van der Waals surface area contributed by atoms with Crippen LogP contribution < -0.4 is 10.3 Å². The van der Waals surface area contributed by atoms with Crippen LogP contribution in [0.1, 0.15) is 58.3 Å². The van der Waals surface area contributed by atoms with Crippen LogP contribution in [0.15, 0.2) is 24.5 Å². The Balaban J connectivity index is 1.95. The summed E-state index contributed by atoms with van der Waals surface area (Å²) in [5.41, 5.74) is 6.49. The number of unbranched alkanes of at least 4 members (excludes halogenated alkanes) is 7. The van der Waals surface area contributed by atoms with E-state index in [0.29, 0.717) is 0 Å². The molecule has 0 saturated carbocycles. The highest BCUT2D eigenvalue weighted by atomic mass is 14.9. The number of anilines is 1. The predicted octanol–water partition coefficient (Wildman–Crippen LogP) is 3.70. The van der Waals surface area contributed by atoms with Gasteiger partial charge in [-0.1, -0.05) is 45.4 Å². The van der Waals surface area contributed by atoms with E-state index in [4.69, 9.17) is 5.73 Å². The summed E-state index contributed by atoms with van der Waals surface area (Å²) in [7, 11) is 0. The molecule has 0 saturated heterocycles. The van der Waals surface area contributed by atoms with Crippen LogP contribution in [0.2, 0.25) is 0 Å². The van der Waals surface area contributed by atoms with Gasteiger partial charge in [-0.15, -0.1) is 0 Å². The second kappa shape index (κ2) is 9.03. The lowest BCUT2D eigenvalue weighted by atomic mass is 10.1. The molecule has 0 aromatic carbocycles. The van der Waals surface area contributed by atoms with Crippen molar-refractivity contribution >= 4 is 5.69 Å². The molecule has 0 aliphatic rings. The Bertz CT molecular complexity index is 279. The van der Waals surface area contributed by atoms with Crippen molar-refractivity contribution < 1.29 is 4.57 Å². The summed E-state index contributed by atoms with van der Waals surface area (Å²) >= 11 is 0. The van der Waals surface area contributed by atoms with Gasteiger partial charge in [0.05, 0.1) is 0 Å². The summed E-state index contributed by atoms with van der Waals surface area (Å²) < 4.78 is 2.22. The summed E-state index contributed by atoms with van der Waals surface area (Å²) in [4.78, 5) is 0. The summed E-state index contributed by atoms with van der Waals surface area (Å²) in [6.07, 6.45) is 15.1. The zero-order chi connectivity index (χ0) is 12.3. The third-order valence-corrected chi connectivity index (χ3v) is 3.19. The first kappa shape index (κ1) is 14.0. The van der Waals surface area contributed by atoms with E-state index in [-0.39, 0.29) is 0 Å². The van der Waals surface area contributed by atoms with Crippen LogP contribution in [0.3, 0.4) is 0 Å². The Morgan fingerprint density at radius 1 is 0.882 bits per heavy atom. The highest BCUT2D eigenvalue weighted by Crippen LogP contribution is 2.08. The Hall–Kier alpha value is -1.05. The summed E-state index contributed by atoms with van der Waals surface area (Å²) in [6.45, 7) is 3.39. The average Bonchev–Trinajstić information content (AvgIpc) is 2.35. The van der Waals surface area contributed by atoms with Gasteiger partial charge in [0, 0.05) is 24.2 Å².